The smallest absolute Gasteiger partial charge is 0.252 e. The molecule has 0 unspecified atom stereocenters. The number of hydrogen-bond donors (Lipinski definition) is 0. The summed E-state index contributed by atoms with van der Waals surface area (Å²) in [5.74, 6) is 0. The molecule has 2 aliphatic heterocycles. The number of hydrogen-bond acceptors (Lipinski definition) is 6. The van der Waals surface area contributed by atoms with E-state index in [1.807, 2.05) is 23.5 Å². The van der Waals surface area contributed by atoms with Crippen LogP contribution < -0.4 is 31.1 Å². The third kappa shape index (κ3) is 6.70. The van der Waals surface area contributed by atoms with Gasteiger partial charge in [-0.25, -0.2) is 0 Å². The second kappa shape index (κ2) is 16.0. The van der Waals surface area contributed by atoms with Crippen molar-refractivity contribution in [3.05, 3.63) is 217 Å². The zero-order chi connectivity index (χ0) is 50.5. The molecule has 15 rings (SSSR count). The fourth-order valence-electron chi connectivity index (χ4n) is 12.2. The van der Waals surface area contributed by atoms with E-state index in [-0.39, 0.29) is 17.5 Å². The molecule has 2 aliphatic rings. The van der Waals surface area contributed by atoms with Crippen LogP contribution in [-0.4, -0.2) is 6.71 Å². The van der Waals surface area contributed by atoms with Gasteiger partial charge in [0, 0.05) is 81.8 Å². The topological polar surface area (TPSA) is 36.0 Å². The number of anilines is 9. The predicted octanol–water partition coefficient (Wildman–Crippen LogP) is 18.0. The van der Waals surface area contributed by atoms with E-state index in [2.05, 4.69) is 250 Å². The van der Waals surface area contributed by atoms with E-state index in [4.69, 9.17) is 8.83 Å². The van der Waals surface area contributed by atoms with Gasteiger partial charge in [0.2, 0.25) is 0 Å². The Balaban J connectivity index is 1.01. The maximum absolute atomic E-state index is 6.89. The molecule has 0 radical (unpaired) electrons. The molecule has 0 bridgehead atoms. The van der Waals surface area contributed by atoms with E-state index in [1.165, 1.54) is 64.7 Å². The quantitative estimate of drug-likeness (QED) is 0.161. The first-order valence-corrected chi connectivity index (χ1v) is 26.9. The van der Waals surface area contributed by atoms with Crippen molar-refractivity contribution in [3.8, 4) is 0 Å². The van der Waals surface area contributed by atoms with Gasteiger partial charge in [-0.1, -0.05) is 151 Å². The molecule has 0 aliphatic carbocycles. The molecular formula is C68H52BN3O2S. The summed E-state index contributed by atoms with van der Waals surface area (Å²) < 4.78 is 15.9. The van der Waals surface area contributed by atoms with Crippen LogP contribution in [0.5, 0.6) is 0 Å². The number of fused-ring (bicyclic) bond motifs is 13. The third-order valence-corrected chi connectivity index (χ3v) is 17.1. The van der Waals surface area contributed by atoms with E-state index >= 15 is 0 Å². The average Bonchev–Trinajstić information content (AvgIpc) is 4.13. The highest BCUT2D eigenvalue weighted by Crippen LogP contribution is 2.50. The SMILES string of the molecule is CC(C)(C)c1ccc(N2c3cc(N(c4ccc5oc6ccccc6c5c4)c4cccc5c4oc4ccccc45)ccc3B3c4cc5c(cc4N(c4ccc(C(C)(C)C)cc4)c4cccc2c43)sc2ccccc25)cc1. The van der Waals surface area contributed by atoms with E-state index in [9.17, 15) is 0 Å². The second-order valence-electron chi connectivity index (χ2n) is 22.5. The van der Waals surface area contributed by atoms with Crippen LogP contribution in [0.1, 0.15) is 52.7 Å². The Hall–Kier alpha value is -8.52. The van der Waals surface area contributed by atoms with Crippen molar-refractivity contribution in [1.82, 2.24) is 0 Å². The van der Waals surface area contributed by atoms with Gasteiger partial charge >= 0.3 is 0 Å². The molecule has 5 nitrogen and oxygen atoms in total. The number of para-hydroxylation sites is 3. The van der Waals surface area contributed by atoms with Crippen LogP contribution in [0, 0.1) is 0 Å². The Morgan fingerprint density at radius 1 is 0.400 bits per heavy atom. The highest BCUT2D eigenvalue weighted by molar-refractivity contribution is 7.26. The summed E-state index contributed by atoms with van der Waals surface area (Å²) >= 11 is 1.88. The lowest BCUT2D eigenvalue weighted by atomic mass is 9.33. The summed E-state index contributed by atoms with van der Waals surface area (Å²) in [4.78, 5) is 7.45. The minimum Gasteiger partial charge on any atom is -0.456 e. The molecule has 3 aromatic heterocycles. The molecule has 5 heterocycles. The average molecular weight is 986 g/mol. The predicted molar refractivity (Wildman–Crippen MR) is 320 cm³/mol. The molecule has 13 aromatic rings. The lowest BCUT2D eigenvalue weighted by molar-refractivity contribution is 0.590. The minimum absolute atomic E-state index is 0.00792. The second-order valence-corrected chi connectivity index (χ2v) is 23.6. The Morgan fingerprint density at radius 3 is 1.63 bits per heavy atom. The van der Waals surface area contributed by atoms with Crippen molar-refractivity contribution in [2.45, 2.75) is 52.4 Å². The first kappa shape index (κ1) is 44.0. The zero-order valence-electron chi connectivity index (χ0n) is 42.8. The first-order valence-electron chi connectivity index (χ1n) is 26.1. The van der Waals surface area contributed by atoms with E-state index in [0.29, 0.717) is 0 Å². The standard InChI is InChI=1S/C68H52BN3O2S/c1-67(2,3)41-25-29-43(30-26-41)71-55-19-14-20-56-65(55)69(54-39-52-49-17-9-12-24-63(49)75-64(52)40-59(54)72(56)44-31-27-42(28-32-44)68(4,5)6)53-35-33-46(38-58(53)71)70(45-34-36-62-51(37-45)48-16-8-10-22-60(48)73-62)57-21-13-18-50-47-15-7-11-23-61(47)74-66(50)57/h7-40H,1-6H3. The third-order valence-electron chi connectivity index (χ3n) is 16.0. The molecule has 0 fully saturated rings. The summed E-state index contributed by atoms with van der Waals surface area (Å²) in [6.07, 6.45) is 0. The summed E-state index contributed by atoms with van der Waals surface area (Å²) in [7, 11) is 0. The van der Waals surface area contributed by atoms with Crippen LogP contribution >= 0.6 is 11.3 Å². The van der Waals surface area contributed by atoms with Crippen LogP contribution in [0.15, 0.2) is 215 Å². The fourth-order valence-corrected chi connectivity index (χ4v) is 13.4. The first-order chi connectivity index (χ1) is 36.4. The molecule has 10 aromatic carbocycles. The fraction of sp³-hybridized carbons (Fsp3) is 0.118. The van der Waals surface area contributed by atoms with Crippen LogP contribution in [0.2, 0.25) is 0 Å². The van der Waals surface area contributed by atoms with Gasteiger partial charge in [0.15, 0.2) is 5.58 Å². The normalized spacial score (nSPS) is 13.4. The molecule has 0 atom stereocenters. The monoisotopic (exact) mass is 985 g/mol. The van der Waals surface area contributed by atoms with Crippen molar-refractivity contribution in [1.29, 1.82) is 0 Å². The summed E-state index contributed by atoms with van der Waals surface area (Å²) in [6, 6.07) is 76.4. The molecule has 0 saturated heterocycles. The number of benzene rings is 10. The van der Waals surface area contributed by atoms with E-state index in [0.717, 1.165) is 78.0 Å². The Morgan fingerprint density at radius 2 is 0.947 bits per heavy atom. The minimum atomic E-state index is -0.0746. The van der Waals surface area contributed by atoms with Crippen molar-refractivity contribution in [2.24, 2.45) is 0 Å². The molecule has 0 amide bonds. The van der Waals surface area contributed by atoms with Gasteiger partial charge in [-0.2, -0.15) is 0 Å². The number of thiophene rings is 1. The van der Waals surface area contributed by atoms with Crippen molar-refractivity contribution < 1.29 is 8.83 Å². The zero-order valence-corrected chi connectivity index (χ0v) is 43.6. The molecule has 0 N–H and O–H groups in total. The van der Waals surface area contributed by atoms with Crippen LogP contribution in [0.3, 0.4) is 0 Å². The Bertz CT molecular complexity index is 4470. The molecule has 0 saturated carbocycles. The lowest BCUT2D eigenvalue weighted by Crippen LogP contribution is -2.61. The Labute approximate surface area is 440 Å². The lowest BCUT2D eigenvalue weighted by Gasteiger charge is -2.44. The van der Waals surface area contributed by atoms with Gasteiger partial charge in [0.1, 0.15) is 16.7 Å². The van der Waals surface area contributed by atoms with Crippen LogP contribution in [-0.2, 0) is 10.8 Å². The Kier molecular flexibility index (Phi) is 9.39. The van der Waals surface area contributed by atoms with Crippen LogP contribution in [0.4, 0.5) is 51.2 Å². The van der Waals surface area contributed by atoms with Gasteiger partial charge in [-0.3, -0.25) is 0 Å². The van der Waals surface area contributed by atoms with E-state index < -0.39 is 0 Å². The van der Waals surface area contributed by atoms with Gasteiger partial charge in [0.25, 0.3) is 6.71 Å². The summed E-state index contributed by atoms with van der Waals surface area (Å²) in [5, 5.41) is 6.91. The number of furan rings is 2. The van der Waals surface area contributed by atoms with Crippen molar-refractivity contribution in [3.63, 3.8) is 0 Å². The molecule has 75 heavy (non-hydrogen) atoms. The molecule has 7 heteroatoms. The van der Waals surface area contributed by atoms with Crippen LogP contribution in [0.25, 0.3) is 64.0 Å². The van der Waals surface area contributed by atoms with Crippen molar-refractivity contribution in [2.75, 3.05) is 14.7 Å². The molecule has 0 spiro atoms. The number of nitrogens with zero attached hydrogens (tertiary/aromatic N) is 3. The molecule has 360 valence electrons. The van der Waals surface area contributed by atoms with Crippen molar-refractivity contribution >= 4 is 150 Å². The molecular weight excluding hydrogens is 934 g/mol. The van der Waals surface area contributed by atoms with Gasteiger partial charge < -0.3 is 23.5 Å². The van der Waals surface area contributed by atoms with Gasteiger partial charge in [0.05, 0.1) is 5.69 Å². The van der Waals surface area contributed by atoms with Gasteiger partial charge in [-0.15, -0.1) is 11.3 Å². The maximum atomic E-state index is 6.89. The summed E-state index contributed by atoms with van der Waals surface area (Å²) in [5.41, 5.74) is 19.8. The maximum Gasteiger partial charge on any atom is 0.252 e. The number of rotatable bonds is 5. The largest absolute Gasteiger partial charge is 0.456 e. The summed E-state index contributed by atoms with van der Waals surface area (Å²) in [6.45, 7) is 13.7. The van der Waals surface area contributed by atoms with Gasteiger partial charge in [-0.05, 0) is 141 Å². The highest BCUT2D eigenvalue weighted by atomic mass is 32.1. The highest BCUT2D eigenvalue weighted by Gasteiger charge is 2.44. The van der Waals surface area contributed by atoms with E-state index in [1.54, 1.807) is 0 Å².